The van der Waals surface area contributed by atoms with Gasteiger partial charge in [-0.25, -0.2) is 19.5 Å². The van der Waals surface area contributed by atoms with Crippen molar-refractivity contribution in [1.29, 1.82) is 0 Å². The molecular formula is C21H24N8. The molecule has 4 aromatic heterocycles. The van der Waals surface area contributed by atoms with Crippen LogP contribution in [-0.4, -0.2) is 60.6 Å². The first kappa shape index (κ1) is 17.9. The van der Waals surface area contributed by atoms with E-state index in [0.717, 1.165) is 35.0 Å². The minimum Gasteiger partial charge on any atom is -0.350 e. The molecule has 4 aromatic rings. The quantitative estimate of drug-likeness (QED) is 0.575. The van der Waals surface area contributed by atoms with Crippen LogP contribution in [0.2, 0.25) is 0 Å². The molecule has 0 amide bonds. The van der Waals surface area contributed by atoms with Crippen LogP contribution in [0, 0.1) is 0 Å². The third kappa shape index (κ3) is 3.51. The Morgan fingerprint density at radius 1 is 1.00 bits per heavy atom. The van der Waals surface area contributed by atoms with Crippen LogP contribution >= 0.6 is 0 Å². The number of nitrogens with zero attached hydrogens (tertiary/aromatic N) is 7. The predicted octanol–water partition coefficient (Wildman–Crippen LogP) is 3.02. The van der Waals surface area contributed by atoms with Gasteiger partial charge in [0.2, 0.25) is 5.95 Å². The Hall–Kier alpha value is -3.13. The number of hydrogen-bond acceptors (Lipinski definition) is 7. The highest BCUT2D eigenvalue weighted by Crippen LogP contribution is 2.27. The van der Waals surface area contributed by atoms with Crippen LogP contribution in [0.5, 0.6) is 0 Å². The van der Waals surface area contributed by atoms with E-state index in [9.17, 15) is 0 Å². The van der Waals surface area contributed by atoms with Gasteiger partial charge in [0.25, 0.3) is 0 Å². The molecule has 0 bridgehead atoms. The fraction of sp³-hybridized carbons (Fsp3) is 0.381. The standard InChI is InChI=1S/C21H24N8/c1-28(2)16-5-3-15(4-6-16)26-21-25-13-19-17(7-10-29(19)27-21)14-11-18-20(24-12-14)23-9-8-22-18/h7-13,15-16H,3-6H2,1-2H3,(H,26,27). The first-order valence-corrected chi connectivity index (χ1v) is 10.0. The normalized spacial score (nSPS) is 19.8. The molecule has 148 valence electrons. The number of rotatable bonds is 4. The van der Waals surface area contributed by atoms with Crippen LogP contribution in [-0.2, 0) is 0 Å². The lowest BCUT2D eigenvalue weighted by molar-refractivity contribution is 0.221. The van der Waals surface area contributed by atoms with Gasteiger partial charge in [-0.05, 0) is 51.9 Å². The summed E-state index contributed by atoms with van der Waals surface area (Å²) in [6.07, 6.45) is 13.7. The first-order chi connectivity index (χ1) is 14.2. The number of anilines is 1. The summed E-state index contributed by atoms with van der Waals surface area (Å²) in [7, 11) is 4.33. The van der Waals surface area contributed by atoms with Crippen molar-refractivity contribution in [3.8, 4) is 11.1 Å². The van der Waals surface area contributed by atoms with Gasteiger partial charge in [-0.2, -0.15) is 0 Å². The zero-order chi connectivity index (χ0) is 19.8. The average molecular weight is 388 g/mol. The molecule has 0 aromatic carbocycles. The largest absolute Gasteiger partial charge is 0.350 e. The summed E-state index contributed by atoms with van der Waals surface area (Å²) in [5, 5.41) is 8.18. The lowest BCUT2D eigenvalue weighted by Crippen LogP contribution is -2.36. The summed E-state index contributed by atoms with van der Waals surface area (Å²) in [5.74, 6) is 0.676. The number of pyridine rings is 1. The molecule has 1 aliphatic carbocycles. The van der Waals surface area contributed by atoms with E-state index >= 15 is 0 Å². The van der Waals surface area contributed by atoms with E-state index in [1.807, 2.05) is 35.2 Å². The molecule has 0 radical (unpaired) electrons. The van der Waals surface area contributed by atoms with E-state index in [-0.39, 0.29) is 0 Å². The second kappa shape index (κ2) is 7.36. The number of aromatic nitrogens is 6. The molecule has 8 heteroatoms. The van der Waals surface area contributed by atoms with Gasteiger partial charge >= 0.3 is 0 Å². The topological polar surface area (TPSA) is 84.1 Å². The zero-order valence-corrected chi connectivity index (χ0v) is 16.7. The Kier molecular flexibility index (Phi) is 4.55. The number of fused-ring (bicyclic) bond motifs is 2. The summed E-state index contributed by atoms with van der Waals surface area (Å²) < 4.78 is 1.87. The molecule has 0 aliphatic heterocycles. The molecule has 1 aliphatic rings. The number of hydrogen-bond donors (Lipinski definition) is 1. The summed E-state index contributed by atoms with van der Waals surface area (Å²) in [4.78, 5) is 19.9. The highest BCUT2D eigenvalue weighted by atomic mass is 15.3. The van der Waals surface area contributed by atoms with Crippen LogP contribution in [0.4, 0.5) is 5.95 Å². The van der Waals surface area contributed by atoms with Gasteiger partial charge < -0.3 is 10.2 Å². The second-order valence-corrected chi connectivity index (χ2v) is 7.88. The molecule has 0 unspecified atom stereocenters. The van der Waals surface area contributed by atoms with Gasteiger partial charge in [-0.3, -0.25) is 4.98 Å². The molecule has 1 N–H and O–H groups in total. The smallest absolute Gasteiger partial charge is 0.241 e. The molecule has 0 saturated heterocycles. The van der Waals surface area contributed by atoms with Crippen molar-refractivity contribution < 1.29 is 0 Å². The Morgan fingerprint density at radius 2 is 1.83 bits per heavy atom. The van der Waals surface area contributed by atoms with Gasteiger partial charge in [0.15, 0.2) is 5.65 Å². The Bertz CT molecular complexity index is 1140. The molecule has 4 heterocycles. The lowest BCUT2D eigenvalue weighted by atomic mass is 9.91. The first-order valence-electron chi connectivity index (χ1n) is 10.0. The van der Waals surface area contributed by atoms with Crippen molar-refractivity contribution in [2.75, 3.05) is 19.4 Å². The maximum atomic E-state index is 4.67. The Balaban J connectivity index is 1.37. The van der Waals surface area contributed by atoms with Crippen LogP contribution in [0.25, 0.3) is 27.8 Å². The highest BCUT2D eigenvalue weighted by Gasteiger charge is 2.23. The van der Waals surface area contributed by atoms with E-state index in [2.05, 4.69) is 49.3 Å². The molecule has 29 heavy (non-hydrogen) atoms. The second-order valence-electron chi connectivity index (χ2n) is 7.88. The van der Waals surface area contributed by atoms with E-state index in [0.29, 0.717) is 23.7 Å². The molecule has 1 fully saturated rings. The molecule has 0 spiro atoms. The van der Waals surface area contributed by atoms with E-state index < -0.39 is 0 Å². The Labute approximate surface area is 169 Å². The lowest BCUT2D eigenvalue weighted by Gasteiger charge is -2.32. The van der Waals surface area contributed by atoms with Crippen molar-refractivity contribution in [3.63, 3.8) is 0 Å². The van der Waals surface area contributed by atoms with E-state index in [1.165, 1.54) is 12.8 Å². The molecule has 1 saturated carbocycles. The van der Waals surface area contributed by atoms with Gasteiger partial charge in [-0.1, -0.05) is 0 Å². The van der Waals surface area contributed by atoms with Crippen LogP contribution in [0.15, 0.2) is 43.1 Å². The zero-order valence-electron chi connectivity index (χ0n) is 16.7. The van der Waals surface area contributed by atoms with E-state index in [1.54, 1.807) is 12.4 Å². The minimum atomic E-state index is 0.432. The van der Waals surface area contributed by atoms with Crippen molar-refractivity contribution in [2.45, 2.75) is 37.8 Å². The van der Waals surface area contributed by atoms with Crippen molar-refractivity contribution in [2.24, 2.45) is 0 Å². The van der Waals surface area contributed by atoms with Crippen LogP contribution < -0.4 is 5.32 Å². The van der Waals surface area contributed by atoms with Gasteiger partial charge in [0.1, 0.15) is 5.52 Å². The summed E-state index contributed by atoms with van der Waals surface area (Å²) in [5.41, 5.74) is 4.37. The van der Waals surface area contributed by atoms with Gasteiger partial charge in [-0.15, -0.1) is 5.10 Å². The van der Waals surface area contributed by atoms with Crippen molar-refractivity contribution in [1.82, 2.24) is 34.4 Å². The maximum Gasteiger partial charge on any atom is 0.241 e. The maximum absolute atomic E-state index is 4.67. The summed E-state index contributed by atoms with van der Waals surface area (Å²) in [6, 6.07) is 5.15. The summed E-state index contributed by atoms with van der Waals surface area (Å²) in [6.45, 7) is 0. The Morgan fingerprint density at radius 3 is 2.66 bits per heavy atom. The van der Waals surface area contributed by atoms with Crippen molar-refractivity contribution >= 4 is 22.6 Å². The third-order valence-electron chi connectivity index (χ3n) is 5.81. The third-order valence-corrected chi connectivity index (χ3v) is 5.81. The number of nitrogens with one attached hydrogen (secondary N) is 1. The van der Waals surface area contributed by atoms with Gasteiger partial charge in [0.05, 0.1) is 11.7 Å². The molecule has 8 nitrogen and oxygen atoms in total. The average Bonchev–Trinajstić information content (AvgIpc) is 3.17. The minimum absolute atomic E-state index is 0.432. The molecule has 5 rings (SSSR count). The monoisotopic (exact) mass is 388 g/mol. The highest BCUT2D eigenvalue weighted by molar-refractivity contribution is 5.84. The van der Waals surface area contributed by atoms with E-state index in [4.69, 9.17) is 0 Å². The SMILES string of the molecule is CN(C)C1CCC(Nc2ncc3c(-c4cnc5nccnc5c4)ccn3n2)CC1. The molecule has 0 atom stereocenters. The fourth-order valence-corrected chi connectivity index (χ4v) is 4.13. The summed E-state index contributed by atoms with van der Waals surface area (Å²) >= 11 is 0. The van der Waals surface area contributed by atoms with Crippen LogP contribution in [0.1, 0.15) is 25.7 Å². The fourth-order valence-electron chi connectivity index (χ4n) is 4.13. The predicted molar refractivity (Wildman–Crippen MR) is 113 cm³/mol. The van der Waals surface area contributed by atoms with Crippen molar-refractivity contribution in [3.05, 3.63) is 43.1 Å². The molecular weight excluding hydrogens is 364 g/mol. The van der Waals surface area contributed by atoms with Crippen LogP contribution in [0.3, 0.4) is 0 Å². The van der Waals surface area contributed by atoms with Gasteiger partial charge in [0, 0.05) is 48.0 Å².